The van der Waals surface area contributed by atoms with Crippen molar-refractivity contribution in [2.75, 3.05) is 14.2 Å². The van der Waals surface area contributed by atoms with Gasteiger partial charge in [-0.1, -0.05) is 0 Å². The Morgan fingerprint density at radius 2 is 2.11 bits per heavy atom. The van der Waals surface area contributed by atoms with Gasteiger partial charge in [0.25, 0.3) is 0 Å². The summed E-state index contributed by atoms with van der Waals surface area (Å²) in [6, 6.07) is 3.39. The quantitative estimate of drug-likeness (QED) is 0.791. The lowest BCUT2D eigenvalue weighted by molar-refractivity contribution is -0.142. The van der Waals surface area contributed by atoms with Gasteiger partial charge in [-0.3, -0.25) is 4.79 Å². The number of rotatable bonds is 3. The number of carbonyl (C=O) groups excluding carboxylic acids is 1. The number of benzene rings is 1. The number of ether oxygens (including phenoxy) is 2. The molecule has 98 valence electrons. The van der Waals surface area contributed by atoms with Gasteiger partial charge in [0.15, 0.2) is 11.5 Å². The summed E-state index contributed by atoms with van der Waals surface area (Å²) in [4.78, 5) is 11.3. The maximum absolute atomic E-state index is 11.3. The first-order chi connectivity index (χ1) is 8.04. The molecule has 0 unspecified atom stereocenters. The van der Waals surface area contributed by atoms with E-state index in [1.165, 1.54) is 26.4 Å². The highest BCUT2D eigenvalue weighted by Crippen LogP contribution is 2.34. The molecule has 0 aliphatic carbocycles. The molecule has 1 aromatic rings. The maximum atomic E-state index is 11.3. The van der Waals surface area contributed by atoms with Crippen molar-refractivity contribution in [3.8, 4) is 17.6 Å². The third-order valence-electron chi connectivity index (χ3n) is 2.24. The topological polar surface area (TPSA) is 106 Å². The first-order valence-electron chi connectivity index (χ1n) is 4.69. The van der Waals surface area contributed by atoms with E-state index in [4.69, 9.17) is 15.7 Å². The molecule has 0 aromatic heterocycles. The number of esters is 1. The third kappa shape index (κ3) is 3.03. The van der Waals surface area contributed by atoms with E-state index in [1.54, 1.807) is 0 Å². The zero-order chi connectivity index (χ0) is 13.0. The van der Waals surface area contributed by atoms with Gasteiger partial charge in [0.1, 0.15) is 6.04 Å². The van der Waals surface area contributed by atoms with Crippen LogP contribution in [-0.2, 0) is 9.53 Å². The van der Waals surface area contributed by atoms with E-state index in [9.17, 15) is 9.90 Å². The number of phenolic OH excluding ortho intramolecular Hbond substituents is 1. The fourth-order valence-corrected chi connectivity index (χ4v) is 1.34. The summed E-state index contributed by atoms with van der Waals surface area (Å²) in [5.74, 6) is -0.903. The van der Waals surface area contributed by atoms with Crippen LogP contribution < -0.4 is 10.5 Å². The van der Waals surface area contributed by atoms with Gasteiger partial charge in [0.2, 0.25) is 0 Å². The number of halogens is 1. The number of methoxy groups -OCH3 is 2. The van der Waals surface area contributed by atoms with Crippen LogP contribution in [0.1, 0.15) is 17.2 Å². The molecule has 1 rings (SSSR count). The van der Waals surface area contributed by atoms with E-state index in [2.05, 4.69) is 4.74 Å². The monoisotopic (exact) mass is 272 g/mol. The Hall–Kier alpha value is -1.97. The minimum atomic E-state index is -1.16. The van der Waals surface area contributed by atoms with Crippen LogP contribution in [0.5, 0.6) is 11.5 Å². The zero-order valence-electron chi connectivity index (χ0n) is 9.84. The third-order valence-corrected chi connectivity index (χ3v) is 2.24. The van der Waals surface area contributed by atoms with E-state index in [-0.39, 0.29) is 35.0 Å². The van der Waals surface area contributed by atoms with Gasteiger partial charge in [0.05, 0.1) is 25.9 Å². The average molecular weight is 273 g/mol. The van der Waals surface area contributed by atoms with Gasteiger partial charge >= 0.3 is 5.97 Å². The van der Waals surface area contributed by atoms with Crippen molar-refractivity contribution in [2.45, 2.75) is 6.04 Å². The highest BCUT2D eigenvalue weighted by molar-refractivity contribution is 5.85. The first kappa shape index (κ1) is 16.0. The van der Waals surface area contributed by atoms with Crippen LogP contribution in [0.15, 0.2) is 12.1 Å². The van der Waals surface area contributed by atoms with Gasteiger partial charge in [-0.05, 0) is 6.07 Å². The minimum Gasteiger partial charge on any atom is -0.504 e. The van der Waals surface area contributed by atoms with E-state index in [0.29, 0.717) is 0 Å². The highest BCUT2D eigenvalue weighted by atomic mass is 35.5. The molecule has 1 aromatic carbocycles. The summed E-state index contributed by atoms with van der Waals surface area (Å²) >= 11 is 0. The number of hydrogen-bond acceptors (Lipinski definition) is 6. The Kier molecular flexibility index (Phi) is 5.96. The molecule has 0 aliphatic rings. The molecular formula is C11H13ClN2O4. The molecule has 3 N–H and O–H groups in total. The van der Waals surface area contributed by atoms with Crippen molar-refractivity contribution in [2.24, 2.45) is 5.73 Å². The molecule has 0 spiro atoms. The predicted octanol–water partition coefficient (Wildman–Crippen LogP) is 0.867. The van der Waals surface area contributed by atoms with Crippen LogP contribution >= 0.6 is 12.4 Å². The molecule has 7 heteroatoms. The van der Waals surface area contributed by atoms with Crippen molar-refractivity contribution >= 4 is 18.4 Å². The van der Waals surface area contributed by atoms with Gasteiger partial charge in [-0.2, -0.15) is 5.26 Å². The average Bonchev–Trinajstić information content (AvgIpc) is 2.37. The second kappa shape index (κ2) is 6.69. The largest absolute Gasteiger partial charge is 0.504 e. The van der Waals surface area contributed by atoms with E-state index >= 15 is 0 Å². The lowest BCUT2D eigenvalue weighted by Gasteiger charge is -2.14. The van der Waals surface area contributed by atoms with Crippen LogP contribution in [0.2, 0.25) is 0 Å². The highest BCUT2D eigenvalue weighted by Gasteiger charge is 2.23. The Balaban J connectivity index is 0.00000289. The Labute approximate surface area is 110 Å². The molecule has 0 amide bonds. The molecule has 18 heavy (non-hydrogen) atoms. The standard InChI is InChI=1S/C11H12N2O4.ClH/c1-16-8-4-6(5-12)3-7(10(8)14)9(13)11(15)17-2;/h3-4,9,14H,13H2,1-2H3;1H/t9-;/m0./s1. The van der Waals surface area contributed by atoms with E-state index < -0.39 is 12.0 Å². The fraction of sp³-hybridized carbons (Fsp3) is 0.273. The number of aromatic hydroxyl groups is 1. The van der Waals surface area contributed by atoms with E-state index in [0.717, 1.165) is 0 Å². The first-order valence-corrected chi connectivity index (χ1v) is 4.69. The number of phenols is 1. The lowest BCUT2D eigenvalue weighted by atomic mass is 10.0. The summed E-state index contributed by atoms with van der Waals surface area (Å²) in [5, 5.41) is 18.6. The van der Waals surface area contributed by atoms with Gasteiger partial charge in [0, 0.05) is 11.6 Å². The SMILES string of the molecule is COC(=O)[C@@H](N)c1cc(C#N)cc(OC)c1O.Cl. The number of nitrogens with two attached hydrogens (primary N) is 1. The van der Waals surface area contributed by atoms with Crippen LogP contribution in [0.4, 0.5) is 0 Å². The Morgan fingerprint density at radius 1 is 1.50 bits per heavy atom. The maximum Gasteiger partial charge on any atom is 0.327 e. The smallest absolute Gasteiger partial charge is 0.327 e. The molecule has 0 aliphatic heterocycles. The van der Waals surface area contributed by atoms with Crippen molar-refractivity contribution in [3.63, 3.8) is 0 Å². The van der Waals surface area contributed by atoms with Crippen LogP contribution in [0.25, 0.3) is 0 Å². The number of hydrogen-bond donors (Lipinski definition) is 2. The molecule has 0 saturated carbocycles. The second-order valence-corrected chi connectivity index (χ2v) is 3.23. The molecule has 6 nitrogen and oxygen atoms in total. The summed E-state index contributed by atoms with van der Waals surface area (Å²) in [5.41, 5.74) is 5.92. The van der Waals surface area contributed by atoms with Gasteiger partial charge < -0.3 is 20.3 Å². The summed E-state index contributed by atoms with van der Waals surface area (Å²) in [6.45, 7) is 0. The summed E-state index contributed by atoms with van der Waals surface area (Å²) < 4.78 is 9.35. The molecule has 0 radical (unpaired) electrons. The normalized spacial score (nSPS) is 10.8. The van der Waals surface area contributed by atoms with Crippen molar-refractivity contribution in [1.82, 2.24) is 0 Å². The number of carbonyl (C=O) groups is 1. The zero-order valence-corrected chi connectivity index (χ0v) is 10.7. The molecular weight excluding hydrogens is 260 g/mol. The van der Waals surface area contributed by atoms with Crippen LogP contribution in [-0.4, -0.2) is 25.3 Å². The molecule has 0 saturated heterocycles. The van der Waals surface area contributed by atoms with Crippen molar-refractivity contribution in [1.29, 1.82) is 5.26 Å². The van der Waals surface area contributed by atoms with E-state index in [1.807, 2.05) is 6.07 Å². The molecule has 0 heterocycles. The molecule has 0 fully saturated rings. The predicted molar refractivity (Wildman–Crippen MR) is 65.6 cm³/mol. The Bertz CT molecular complexity index is 485. The van der Waals surface area contributed by atoms with Crippen LogP contribution in [0.3, 0.4) is 0 Å². The van der Waals surface area contributed by atoms with Crippen molar-refractivity contribution in [3.05, 3.63) is 23.3 Å². The number of nitrogens with zero attached hydrogens (tertiary/aromatic N) is 1. The molecule has 1 atom stereocenters. The molecule has 0 bridgehead atoms. The second-order valence-electron chi connectivity index (χ2n) is 3.23. The lowest BCUT2D eigenvalue weighted by Crippen LogP contribution is -2.22. The summed E-state index contributed by atoms with van der Waals surface area (Å²) in [6.07, 6.45) is 0. The van der Waals surface area contributed by atoms with Gasteiger partial charge in [-0.25, -0.2) is 0 Å². The minimum absolute atomic E-state index is 0. The number of nitriles is 1. The fourth-order valence-electron chi connectivity index (χ4n) is 1.34. The van der Waals surface area contributed by atoms with Gasteiger partial charge in [-0.15, -0.1) is 12.4 Å². The van der Waals surface area contributed by atoms with Crippen molar-refractivity contribution < 1.29 is 19.4 Å². The summed E-state index contributed by atoms with van der Waals surface area (Å²) in [7, 11) is 2.52. The Morgan fingerprint density at radius 3 is 2.56 bits per heavy atom. The van der Waals surface area contributed by atoms with Crippen LogP contribution in [0, 0.1) is 11.3 Å².